The van der Waals surface area contributed by atoms with Crippen molar-refractivity contribution in [2.45, 2.75) is 19.5 Å². The first-order chi connectivity index (χ1) is 13.2. The Labute approximate surface area is 158 Å². The first-order valence-corrected chi connectivity index (χ1v) is 9.08. The molecule has 4 nitrogen and oxygen atoms in total. The zero-order valence-electron chi connectivity index (χ0n) is 15.2. The first kappa shape index (κ1) is 17.0. The Morgan fingerprint density at radius 3 is 2.30 bits per heavy atom. The van der Waals surface area contributed by atoms with Crippen LogP contribution in [0.4, 0.5) is 0 Å². The Morgan fingerprint density at radius 2 is 1.56 bits per heavy atom. The molecular weight excluding hydrogens is 334 g/mol. The molecule has 3 aromatic carbocycles. The van der Waals surface area contributed by atoms with Gasteiger partial charge in [-0.2, -0.15) is 5.10 Å². The van der Waals surface area contributed by atoms with Gasteiger partial charge in [0.05, 0.1) is 5.52 Å². The summed E-state index contributed by atoms with van der Waals surface area (Å²) in [5.74, 6) is -0.0493. The molecule has 0 saturated heterocycles. The van der Waals surface area contributed by atoms with Gasteiger partial charge in [-0.05, 0) is 18.6 Å². The van der Waals surface area contributed by atoms with Crippen LogP contribution in [-0.2, 0) is 11.3 Å². The van der Waals surface area contributed by atoms with E-state index in [4.69, 9.17) is 5.10 Å². The third-order valence-corrected chi connectivity index (χ3v) is 4.72. The molecule has 0 fully saturated rings. The predicted molar refractivity (Wildman–Crippen MR) is 108 cm³/mol. The van der Waals surface area contributed by atoms with Crippen molar-refractivity contribution in [1.82, 2.24) is 15.1 Å². The van der Waals surface area contributed by atoms with Gasteiger partial charge in [-0.1, -0.05) is 78.9 Å². The summed E-state index contributed by atoms with van der Waals surface area (Å²) in [5.41, 5.74) is 3.98. The second-order valence-electron chi connectivity index (χ2n) is 6.56. The highest BCUT2D eigenvalue weighted by Gasteiger charge is 2.20. The molecule has 1 N–H and O–H groups in total. The van der Waals surface area contributed by atoms with Crippen LogP contribution in [0.15, 0.2) is 84.9 Å². The van der Waals surface area contributed by atoms with Gasteiger partial charge in [0, 0.05) is 17.5 Å². The Bertz CT molecular complexity index is 1050. The van der Waals surface area contributed by atoms with Gasteiger partial charge in [0.2, 0.25) is 5.91 Å². The van der Waals surface area contributed by atoms with Crippen LogP contribution < -0.4 is 5.32 Å². The number of hydrogen-bond donors (Lipinski definition) is 1. The smallest absolute Gasteiger partial charge is 0.244 e. The number of nitrogens with one attached hydrogen (secondary N) is 1. The van der Waals surface area contributed by atoms with E-state index < -0.39 is 6.04 Å². The van der Waals surface area contributed by atoms with Crippen LogP contribution in [0.25, 0.3) is 22.2 Å². The van der Waals surface area contributed by atoms with Crippen molar-refractivity contribution in [2.75, 3.05) is 0 Å². The molecule has 27 heavy (non-hydrogen) atoms. The quantitative estimate of drug-likeness (QED) is 0.569. The van der Waals surface area contributed by atoms with Crippen LogP contribution in [0.3, 0.4) is 0 Å². The van der Waals surface area contributed by atoms with E-state index in [1.807, 2.05) is 90.5 Å². The third-order valence-electron chi connectivity index (χ3n) is 4.72. The number of fused-ring (bicyclic) bond motifs is 1. The molecule has 0 bridgehead atoms. The standard InChI is InChI=1S/C23H21N3O/c1-17(23(27)24-16-18-10-4-2-5-11-18)26-21-15-9-8-14-20(21)22(25-26)19-12-6-3-7-13-19/h2-15,17H,16H2,1H3,(H,24,27)/t17-/m1/s1. The Morgan fingerprint density at radius 1 is 0.926 bits per heavy atom. The van der Waals surface area contributed by atoms with Crippen LogP contribution in [0.2, 0.25) is 0 Å². The molecule has 4 rings (SSSR count). The van der Waals surface area contributed by atoms with Gasteiger partial charge in [0.1, 0.15) is 11.7 Å². The van der Waals surface area contributed by atoms with Crippen molar-refractivity contribution in [2.24, 2.45) is 0 Å². The molecule has 4 aromatic rings. The van der Waals surface area contributed by atoms with Gasteiger partial charge in [-0.3, -0.25) is 9.48 Å². The van der Waals surface area contributed by atoms with Crippen LogP contribution in [0.1, 0.15) is 18.5 Å². The van der Waals surface area contributed by atoms with E-state index in [0.29, 0.717) is 6.54 Å². The monoisotopic (exact) mass is 355 g/mol. The molecular formula is C23H21N3O. The van der Waals surface area contributed by atoms with Gasteiger partial charge in [0.25, 0.3) is 0 Å². The second-order valence-corrected chi connectivity index (χ2v) is 6.56. The summed E-state index contributed by atoms with van der Waals surface area (Å²) in [6, 6.07) is 27.6. The lowest BCUT2D eigenvalue weighted by Crippen LogP contribution is -2.31. The highest BCUT2D eigenvalue weighted by molar-refractivity contribution is 5.94. The average molecular weight is 355 g/mol. The molecule has 134 valence electrons. The molecule has 1 aromatic heterocycles. The molecule has 1 amide bonds. The van der Waals surface area contributed by atoms with Crippen molar-refractivity contribution >= 4 is 16.8 Å². The Balaban J connectivity index is 1.64. The van der Waals surface area contributed by atoms with Crippen LogP contribution in [-0.4, -0.2) is 15.7 Å². The maximum atomic E-state index is 12.7. The molecule has 0 radical (unpaired) electrons. The topological polar surface area (TPSA) is 46.9 Å². The maximum Gasteiger partial charge on any atom is 0.244 e. The molecule has 0 unspecified atom stereocenters. The number of carbonyl (C=O) groups is 1. The fraction of sp³-hybridized carbons (Fsp3) is 0.130. The van der Waals surface area contributed by atoms with Crippen molar-refractivity contribution in [1.29, 1.82) is 0 Å². The van der Waals surface area contributed by atoms with Gasteiger partial charge < -0.3 is 5.32 Å². The number of nitrogens with zero attached hydrogens (tertiary/aromatic N) is 2. The Kier molecular flexibility index (Phi) is 4.71. The van der Waals surface area contributed by atoms with E-state index in [0.717, 1.165) is 27.7 Å². The molecule has 1 heterocycles. The predicted octanol–water partition coefficient (Wildman–Crippen LogP) is 4.58. The minimum atomic E-state index is -0.406. The van der Waals surface area contributed by atoms with Gasteiger partial charge in [-0.25, -0.2) is 0 Å². The molecule has 0 aliphatic heterocycles. The third kappa shape index (κ3) is 3.47. The van der Waals surface area contributed by atoms with Crippen molar-refractivity contribution in [3.63, 3.8) is 0 Å². The van der Waals surface area contributed by atoms with Gasteiger partial charge in [-0.15, -0.1) is 0 Å². The second kappa shape index (κ2) is 7.46. The summed E-state index contributed by atoms with van der Waals surface area (Å²) in [6.45, 7) is 2.39. The molecule has 0 aliphatic carbocycles. The number of benzene rings is 3. The Hall–Kier alpha value is -3.40. The average Bonchev–Trinajstić information content (AvgIpc) is 3.12. The largest absolute Gasteiger partial charge is 0.350 e. The normalized spacial score (nSPS) is 12.0. The molecule has 0 aliphatic rings. The van der Waals surface area contributed by atoms with Crippen molar-refractivity contribution < 1.29 is 4.79 Å². The zero-order valence-corrected chi connectivity index (χ0v) is 15.2. The highest BCUT2D eigenvalue weighted by Crippen LogP contribution is 2.29. The van der Waals surface area contributed by atoms with E-state index in [1.165, 1.54) is 0 Å². The minimum absolute atomic E-state index is 0.0493. The number of hydrogen-bond acceptors (Lipinski definition) is 2. The summed E-state index contributed by atoms with van der Waals surface area (Å²) in [4.78, 5) is 12.7. The van der Waals surface area contributed by atoms with E-state index in [2.05, 4.69) is 11.4 Å². The molecule has 0 spiro atoms. The molecule has 0 saturated carbocycles. The van der Waals surface area contributed by atoms with Crippen LogP contribution >= 0.6 is 0 Å². The summed E-state index contributed by atoms with van der Waals surface area (Å²) in [7, 11) is 0. The SMILES string of the molecule is C[C@H](C(=O)NCc1ccccc1)n1nc(-c2ccccc2)c2ccccc21. The lowest BCUT2D eigenvalue weighted by molar-refractivity contribution is -0.124. The van der Waals surface area contributed by atoms with Gasteiger partial charge in [0.15, 0.2) is 0 Å². The zero-order chi connectivity index (χ0) is 18.6. The van der Waals surface area contributed by atoms with Crippen LogP contribution in [0, 0.1) is 0 Å². The van der Waals surface area contributed by atoms with Crippen molar-refractivity contribution in [3.05, 3.63) is 90.5 Å². The number of rotatable bonds is 5. The fourth-order valence-corrected chi connectivity index (χ4v) is 3.24. The lowest BCUT2D eigenvalue weighted by atomic mass is 10.1. The van der Waals surface area contributed by atoms with E-state index in [-0.39, 0.29) is 5.91 Å². The minimum Gasteiger partial charge on any atom is -0.350 e. The van der Waals surface area contributed by atoms with E-state index in [1.54, 1.807) is 0 Å². The summed E-state index contributed by atoms with van der Waals surface area (Å²) >= 11 is 0. The maximum absolute atomic E-state index is 12.7. The summed E-state index contributed by atoms with van der Waals surface area (Å²) < 4.78 is 1.82. The lowest BCUT2D eigenvalue weighted by Gasteiger charge is -2.14. The number of aromatic nitrogens is 2. The summed E-state index contributed by atoms with van der Waals surface area (Å²) in [6.07, 6.45) is 0. The highest BCUT2D eigenvalue weighted by atomic mass is 16.2. The van der Waals surface area contributed by atoms with E-state index >= 15 is 0 Å². The number of carbonyl (C=O) groups excluding carboxylic acids is 1. The van der Waals surface area contributed by atoms with Crippen LogP contribution in [0.5, 0.6) is 0 Å². The molecule has 4 heteroatoms. The number of amides is 1. The fourth-order valence-electron chi connectivity index (χ4n) is 3.24. The van der Waals surface area contributed by atoms with Gasteiger partial charge >= 0.3 is 0 Å². The number of para-hydroxylation sites is 1. The molecule has 1 atom stereocenters. The van der Waals surface area contributed by atoms with E-state index in [9.17, 15) is 4.79 Å². The first-order valence-electron chi connectivity index (χ1n) is 9.08. The summed E-state index contributed by atoms with van der Waals surface area (Å²) in [5, 5.41) is 8.85. The van der Waals surface area contributed by atoms with Crippen molar-refractivity contribution in [3.8, 4) is 11.3 Å².